The molecular formula is C20H19N3OS2. The molecule has 6 heteroatoms. The van der Waals surface area contributed by atoms with Gasteiger partial charge in [0, 0.05) is 30.7 Å². The SMILES string of the molecule is O=c1c2c(nc(SCc3ccccn3)n1CCc1ccccc1)CCS2. The second-order valence-corrected chi connectivity index (χ2v) is 8.12. The Hall–Kier alpha value is -2.05. The van der Waals surface area contributed by atoms with Crippen LogP contribution in [0.4, 0.5) is 0 Å². The lowest BCUT2D eigenvalue weighted by Gasteiger charge is -2.13. The molecule has 0 spiro atoms. The second-order valence-electron chi connectivity index (χ2n) is 6.07. The lowest BCUT2D eigenvalue weighted by atomic mass is 10.1. The minimum atomic E-state index is 0.108. The number of aryl methyl sites for hydroxylation is 2. The van der Waals surface area contributed by atoms with Crippen molar-refractivity contribution in [3.8, 4) is 0 Å². The van der Waals surface area contributed by atoms with Gasteiger partial charge in [0.2, 0.25) is 0 Å². The van der Waals surface area contributed by atoms with Gasteiger partial charge in [-0.15, -0.1) is 11.8 Å². The zero-order chi connectivity index (χ0) is 17.8. The zero-order valence-electron chi connectivity index (χ0n) is 14.3. The molecule has 2 aromatic heterocycles. The molecule has 0 radical (unpaired) electrons. The van der Waals surface area contributed by atoms with Gasteiger partial charge in [0.15, 0.2) is 5.16 Å². The number of hydrogen-bond donors (Lipinski definition) is 0. The smallest absolute Gasteiger partial charge is 0.268 e. The van der Waals surface area contributed by atoms with Gasteiger partial charge in [-0.25, -0.2) is 4.98 Å². The van der Waals surface area contributed by atoms with E-state index < -0.39 is 0 Å². The Labute approximate surface area is 161 Å². The highest BCUT2D eigenvalue weighted by atomic mass is 32.2. The lowest BCUT2D eigenvalue weighted by Crippen LogP contribution is -2.26. The van der Waals surface area contributed by atoms with Crippen LogP contribution in [0.3, 0.4) is 0 Å². The summed E-state index contributed by atoms with van der Waals surface area (Å²) >= 11 is 3.23. The van der Waals surface area contributed by atoms with E-state index >= 15 is 0 Å². The van der Waals surface area contributed by atoms with Gasteiger partial charge >= 0.3 is 0 Å². The third-order valence-electron chi connectivity index (χ3n) is 4.29. The predicted molar refractivity (Wildman–Crippen MR) is 107 cm³/mol. The van der Waals surface area contributed by atoms with E-state index in [9.17, 15) is 4.79 Å². The number of rotatable bonds is 6. The van der Waals surface area contributed by atoms with Crippen LogP contribution < -0.4 is 5.56 Å². The fourth-order valence-corrected chi connectivity index (χ4v) is 4.94. The first-order valence-electron chi connectivity index (χ1n) is 8.64. The normalized spacial score (nSPS) is 12.9. The summed E-state index contributed by atoms with van der Waals surface area (Å²) in [5, 5.41) is 0.804. The Balaban J connectivity index is 1.61. The summed E-state index contributed by atoms with van der Waals surface area (Å²) in [6, 6.07) is 16.2. The molecule has 4 nitrogen and oxygen atoms in total. The van der Waals surface area contributed by atoms with Crippen molar-refractivity contribution in [3.63, 3.8) is 0 Å². The molecule has 0 aliphatic carbocycles. The quantitative estimate of drug-likeness (QED) is 0.480. The standard InChI is InChI=1S/C20H19N3OS2/c24-19-18-17(10-13-25-18)22-20(26-14-16-8-4-5-11-21-16)23(19)12-9-15-6-2-1-3-7-15/h1-8,11H,9-10,12-14H2. The van der Waals surface area contributed by atoms with Crippen LogP contribution in [0.15, 0.2) is 69.6 Å². The lowest BCUT2D eigenvalue weighted by molar-refractivity contribution is 0.565. The number of hydrogen-bond acceptors (Lipinski definition) is 5. The van der Waals surface area contributed by atoms with Crippen molar-refractivity contribution in [2.24, 2.45) is 0 Å². The van der Waals surface area contributed by atoms with Crippen molar-refractivity contribution in [1.82, 2.24) is 14.5 Å². The van der Waals surface area contributed by atoms with Crippen molar-refractivity contribution in [2.45, 2.75) is 35.2 Å². The molecule has 4 rings (SSSR count). The van der Waals surface area contributed by atoms with Crippen molar-refractivity contribution in [1.29, 1.82) is 0 Å². The molecule has 3 heterocycles. The third-order valence-corrected chi connectivity index (χ3v) is 6.41. The monoisotopic (exact) mass is 381 g/mol. The van der Waals surface area contributed by atoms with Crippen LogP contribution in [0.1, 0.15) is 17.0 Å². The van der Waals surface area contributed by atoms with Gasteiger partial charge in [0.1, 0.15) is 0 Å². The van der Waals surface area contributed by atoms with E-state index in [4.69, 9.17) is 4.98 Å². The molecule has 1 aliphatic heterocycles. The van der Waals surface area contributed by atoms with E-state index in [1.165, 1.54) is 5.56 Å². The van der Waals surface area contributed by atoms with Crippen molar-refractivity contribution >= 4 is 23.5 Å². The number of aromatic nitrogens is 3. The van der Waals surface area contributed by atoms with E-state index in [0.29, 0.717) is 12.3 Å². The molecule has 0 atom stereocenters. The number of thioether (sulfide) groups is 2. The molecule has 0 saturated carbocycles. The maximum absolute atomic E-state index is 13.0. The average Bonchev–Trinajstić information content (AvgIpc) is 3.16. The Morgan fingerprint density at radius 2 is 1.96 bits per heavy atom. The van der Waals surface area contributed by atoms with Gasteiger partial charge in [-0.1, -0.05) is 48.2 Å². The molecular weight excluding hydrogens is 362 g/mol. The molecule has 3 aromatic rings. The summed E-state index contributed by atoms with van der Waals surface area (Å²) in [4.78, 5) is 23.0. The minimum absolute atomic E-state index is 0.108. The molecule has 0 bridgehead atoms. The zero-order valence-corrected chi connectivity index (χ0v) is 15.9. The maximum Gasteiger partial charge on any atom is 0.268 e. The summed E-state index contributed by atoms with van der Waals surface area (Å²) in [7, 11) is 0. The first-order valence-corrected chi connectivity index (χ1v) is 10.6. The van der Waals surface area contributed by atoms with Crippen LogP contribution in [-0.4, -0.2) is 20.3 Å². The Kier molecular flexibility index (Phi) is 5.41. The summed E-state index contributed by atoms with van der Waals surface area (Å²) in [5.41, 5.74) is 3.29. The predicted octanol–water partition coefficient (Wildman–Crippen LogP) is 3.82. The highest BCUT2D eigenvalue weighted by molar-refractivity contribution is 7.99. The summed E-state index contributed by atoms with van der Waals surface area (Å²) in [6.45, 7) is 0.647. The van der Waals surface area contributed by atoms with Gasteiger partial charge in [-0.3, -0.25) is 14.3 Å². The highest BCUT2D eigenvalue weighted by Gasteiger charge is 2.21. The van der Waals surface area contributed by atoms with Crippen molar-refractivity contribution in [2.75, 3.05) is 5.75 Å². The highest BCUT2D eigenvalue weighted by Crippen LogP contribution is 2.29. The van der Waals surface area contributed by atoms with Crippen LogP contribution in [0.2, 0.25) is 0 Å². The fourth-order valence-electron chi connectivity index (χ4n) is 2.94. The largest absolute Gasteiger partial charge is 0.286 e. The minimum Gasteiger partial charge on any atom is -0.286 e. The van der Waals surface area contributed by atoms with Gasteiger partial charge < -0.3 is 0 Å². The molecule has 0 N–H and O–H groups in total. The second kappa shape index (κ2) is 8.10. The van der Waals surface area contributed by atoms with Crippen molar-refractivity contribution < 1.29 is 0 Å². The molecule has 0 unspecified atom stereocenters. The molecule has 0 amide bonds. The Morgan fingerprint density at radius 1 is 1.12 bits per heavy atom. The van der Waals surface area contributed by atoms with Crippen LogP contribution in [0, 0.1) is 0 Å². The first-order chi connectivity index (χ1) is 12.8. The summed E-state index contributed by atoms with van der Waals surface area (Å²) < 4.78 is 1.84. The molecule has 0 saturated heterocycles. The van der Waals surface area contributed by atoms with Gasteiger partial charge in [0.25, 0.3) is 5.56 Å². The van der Waals surface area contributed by atoms with Gasteiger partial charge in [-0.2, -0.15) is 0 Å². The molecule has 0 fully saturated rings. The number of pyridine rings is 1. The Bertz CT molecular complexity index is 943. The van der Waals surface area contributed by atoms with E-state index in [2.05, 4.69) is 17.1 Å². The van der Waals surface area contributed by atoms with E-state index in [0.717, 1.165) is 40.0 Å². The fraction of sp³-hybridized carbons (Fsp3) is 0.250. The van der Waals surface area contributed by atoms with Crippen LogP contribution in [-0.2, 0) is 25.1 Å². The number of benzene rings is 1. The number of nitrogens with zero attached hydrogens (tertiary/aromatic N) is 3. The maximum atomic E-state index is 13.0. The first kappa shape index (κ1) is 17.4. The molecule has 1 aromatic carbocycles. The molecule has 1 aliphatic rings. The van der Waals surface area contributed by atoms with Crippen LogP contribution in [0.5, 0.6) is 0 Å². The van der Waals surface area contributed by atoms with Gasteiger partial charge in [-0.05, 0) is 24.1 Å². The third kappa shape index (κ3) is 3.86. The number of fused-ring (bicyclic) bond motifs is 1. The average molecular weight is 382 g/mol. The van der Waals surface area contributed by atoms with E-state index in [-0.39, 0.29) is 5.56 Å². The molecule has 132 valence electrons. The van der Waals surface area contributed by atoms with E-state index in [1.807, 2.05) is 41.0 Å². The van der Waals surface area contributed by atoms with E-state index in [1.54, 1.807) is 29.7 Å². The van der Waals surface area contributed by atoms with Crippen LogP contribution >= 0.6 is 23.5 Å². The topological polar surface area (TPSA) is 47.8 Å². The Morgan fingerprint density at radius 3 is 2.77 bits per heavy atom. The summed E-state index contributed by atoms with van der Waals surface area (Å²) in [5.74, 6) is 1.66. The van der Waals surface area contributed by atoms with Crippen molar-refractivity contribution in [3.05, 3.63) is 82.0 Å². The summed E-state index contributed by atoms with van der Waals surface area (Å²) in [6.07, 6.45) is 3.50. The molecule has 26 heavy (non-hydrogen) atoms. The van der Waals surface area contributed by atoms with Gasteiger partial charge in [0.05, 0.1) is 16.3 Å². The van der Waals surface area contributed by atoms with Crippen LogP contribution in [0.25, 0.3) is 0 Å².